The van der Waals surface area contributed by atoms with Gasteiger partial charge in [0.25, 0.3) is 0 Å². The summed E-state index contributed by atoms with van der Waals surface area (Å²) in [5, 5.41) is 11.4. The predicted molar refractivity (Wildman–Crippen MR) is 74.7 cm³/mol. The van der Waals surface area contributed by atoms with Crippen LogP contribution in [0.3, 0.4) is 0 Å². The molecule has 20 heavy (non-hydrogen) atoms. The van der Waals surface area contributed by atoms with E-state index in [1.807, 2.05) is 31.2 Å². The second-order valence-electron chi connectivity index (χ2n) is 4.42. The first-order chi connectivity index (χ1) is 9.54. The molecule has 1 amide bonds. The fraction of sp³-hybridized carbons (Fsp3) is 0.133. The maximum Gasteiger partial charge on any atom is 0.354 e. The Balaban J connectivity index is 2.02. The molecule has 0 aliphatic carbocycles. The summed E-state index contributed by atoms with van der Waals surface area (Å²) in [5.74, 6) is -1.12. The molecule has 0 fully saturated rings. The van der Waals surface area contributed by atoms with Gasteiger partial charge in [0.15, 0.2) is 5.69 Å². The van der Waals surface area contributed by atoms with Crippen LogP contribution in [0.2, 0.25) is 0 Å². The normalized spacial score (nSPS) is 10.1. The van der Waals surface area contributed by atoms with E-state index in [0.717, 1.165) is 11.1 Å². The Hall–Kier alpha value is -2.69. The van der Waals surface area contributed by atoms with Crippen LogP contribution in [-0.4, -0.2) is 22.0 Å². The second kappa shape index (κ2) is 5.97. The van der Waals surface area contributed by atoms with Gasteiger partial charge in [-0.15, -0.1) is 0 Å². The van der Waals surface area contributed by atoms with E-state index in [9.17, 15) is 9.59 Å². The highest BCUT2D eigenvalue weighted by Crippen LogP contribution is 2.08. The van der Waals surface area contributed by atoms with Crippen LogP contribution in [0.1, 0.15) is 21.6 Å². The molecule has 2 aromatic rings. The van der Waals surface area contributed by atoms with Gasteiger partial charge in [0.05, 0.1) is 6.42 Å². The third-order valence-corrected chi connectivity index (χ3v) is 2.72. The number of pyridine rings is 1. The van der Waals surface area contributed by atoms with Crippen molar-refractivity contribution in [3.05, 3.63) is 59.3 Å². The van der Waals surface area contributed by atoms with Gasteiger partial charge in [0.1, 0.15) is 5.82 Å². The first kappa shape index (κ1) is 13.7. The van der Waals surface area contributed by atoms with Gasteiger partial charge >= 0.3 is 5.97 Å². The number of carboxylic acids is 1. The number of carbonyl (C=O) groups excluding carboxylic acids is 1. The molecule has 0 saturated heterocycles. The average molecular weight is 270 g/mol. The lowest BCUT2D eigenvalue weighted by molar-refractivity contribution is -0.115. The molecule has 1 aromatic carbocycles. The van der Waals surface area contributed by atoms with Gasteiger partial charge in [0.2, 0.25) is 5.91 Å². The molecular weight excluding hydrogens is 256 g/mol. The first-order valence-corrected chi connectivity index (χ1v) is 6.10. The van der Waals surface area contributed by atoms with Crippen LogP contribution >= 0.6 is 0 Å². The van der Waals surface area contributed by atoms with E-state index in [4.69, 9.17) is 5.11 Å². The molecule has 0 radical (unpaired) electrons. The Morgan fingerprint density at radius 3 is 2.50 bits per heavy atom. The molecule has 0 unspecified atom stereocenters. The van der Waals surface area contributed by atoms with Crippen molar-refractivity contribution in [3.8, 4) is 0 Å². The number of nitrogens with zero attached hydrogens (tertiary/aromatic N) is 1. The van der Waals surface area contributed by atoms with Crippen LogP contribution in [0.4, 0.5) is 5.82 Å². The van der Waals surface area contributed by atoms with Crippen LogP contribution < -0.4 is 5.32 Å². The van der Waals surface area contributed by atoms with E-state index in [-0.39, 0.29) is 23.8 Å². The third-order valence-electron chi connectivity index (χ3n) is 2.72. The molecule has 0 spiro atoms. The summed E-state index contributed by atoms with van der Waals surface area (Å²) in [6.45, 7) is 1.98. The third kappa shape index (κ3) is 3.65. The van der Waals surface area contributed by atoms with Gasteiger partial charge in [-0.05, 0) is 24.6 Å². The van der Waals surface area contributed by atoms with Crippen LogP contribution in [0, 0.1) is 6.92 Å². The lowest BCUT2D eigenvalue weighted by Gasteiger charge is -2.05. The Morgan fingerprint density at radius 1 is 1.15 bits per heavy atom. The number of amides is 1. The first-order valence-electron chi connectivity index (χ1n) is 6.10. The molecule has 5 nitrogen and oxygen atoms in total. The number of aromatic nitrogens is 1. The summed E-state index contributed by atoms with van der Waals surface area (Å²) in [6.07, 6.45) is 0.221. The fourth-order valence-electron chi connectivity index (χ4n) is 1.70. The Bertz CT molecular complexity index is 636. The lowest BCUT2D eigenvalue weighted by Crippen LogP contribution is -2.16. The zero-order valence-electron chi connectivity index (χ0n) is 11.0. The summed E-state index contributed by atoms with van der Waals surface area (Å²) in [5.41, 5.74) is 1.92. The van der Waals surface area contributed by atoms with Gasteiger partial charge in [-0.2, -0.15) is 0 Å². The predicted octanol–water partition coefficient (Wildman–Crippen LogP) is 2.27. The van der Waals surface area contributed by atoms with E-state index in [2.05, 4.69) is 10.3 Å². The second-order valence-corrected chi connectivity index (χ2v) is 4.42. The van der Waals surface area contributed by atoms with Crippen molar-refractivity contribution in [2.75, 3.05) is 5.32 Å². The number of hydrogen-bond donors (Lipinski definition) is 2. The molecular formula is C15H14N2O3. The van der Waals surface area contributed by atoms with Gasteiger partial charge in [-0.3, -0.25) is 4.79 Å². The number of anilines is 1. The van der Waals surface area contributed by atoms with Crippen LogP contribution in [0.15, 0.2) is 42.5 Å². The molecule has 102 valence electrons. The highest BCUT2D eigenvalue weighted by atomic mass is 16.4. The number of nitrogens with one attached hydrogen (secondary N) is 1. The smallest absolute Gasteiger partial charge is 0.354 e. The van der Waals surface area contributed by atoms with Crippen molar-refractivity contribution in [2.45, 2.75) is 13.3 Å². The minimum absolute atomic E-state index is 0.0989. The number of rotatable bonds is 4. The number of carboxylic acid groups (broad SMARTS) is 1. The van der Waals surface area contributed by atoms with Crippen LogP contribution in [0.25, 0.3) is 0 Å². The maximum absolute atomic E-state index is 11.8. The molecule has 5 heteroatoms. The largest absolute Gasteiger partial charge is 0.477 e. The van der Waals surface area contributed by atoms with E-state index >= 15 is 0 Å². The van der Waals surface area contributed by atoms with Crippen molar-refractivity contribution in [1.29, 1.82) is 0 Å². The van der Waals surface area contributed by atoms with E-state index < -0.39 is 5.97 Å². The summed E-state index contributed by atoms with van der Waals surface area (Å²) < 4.78 is 0. The van der Waals surface area contributed by atoms with Crippen LogP contribution in [-0.2, 0) is 11.2 Å². The summed E-state index contributed by atoms with van der Waals surface area (Å²) >= 11 is 0. The number of carbonyl (C=O) groups is 2. The molecule has 0 aliphatic rings. The van der Waals surface area contributed by atoms with Gasteiger partial charge in [-0.1, -0.05) is 35.9 Å². The maximum atomic E-state index is 11.8. The highest BCUT2D eigenvalue weighted by molar-refractivity contribution is 5.92. The number of hydrogen-bond acceptors (Lipinski definition) is 3. The van der Waals surface area contributed by atoms with Crippen molar-refractivity contribution in [2.24, 2.45) is 0 Å². The Morgan fingerprint density at radius 2 is 1.85 bits per heavy atom. The summed E-state index contributed by atoms with van der Waals surface area (Å²) in [4.78, 5) is 26.5. The van der Waals surface area contributed by atoms with Crippen molar-refractivity contribution >= 4 is 17.7 Å². The van der Waals surface area contributed by atoms with E-state index in [1.54, 1.807) is 6.07 Å². The summed E-state index contributed by atoms with van der Waals surface area (Å²) in [6, 6.07) is 12.1. The molecule has 1 heterocycles. The van der Waals surface area contributed by atoms with Gasteiger partial charge in [-0.25, -0.2) is 9.78 Å². The highest BCUT2D eigenvalue weighted by Gasteiger charge is 2.08. The van der Waals surface area contributed by atoms with Crippen molar-refractivity contribution in [3.63, 3.8) is 0 Å². The monoisotopic (exact) mass is 270 g/mol. The number of aromatic carboxylic acids is 1. The molecule has 2 rings (SSSR count). The number of aryl methyl sites for hydroxylation is 1. The van der Waals surface area contributed by atoms with Crippen molar-refractivity contribution < 1.29 is 14.7 Å². The average Bonchev–Trinajstić information content (AvgIpc) is 2.41. The zero-order chi connectivity index (χ0) is 14.5. The topological polar surface area (TPSA) is 79.3 Å². The number of benzene rings is 1. The molecule has 0 aliphatic heterocycles. The lowest BCUT2D eigenvalue weighted by atomic mass is 10.1. The van der Waals surface area contributed by atoms with E-state index in [0.29, 0.717) is 0 Å². The molecule has 0 atom stereocenters. The van der Waals surface area contributed by atoms with Crippen LogP contribution in [0.5, 0.6) is 0 Å². The quantitative estimate of drug-likeness (QED) is 0.893. The molecule has 0 saturated carbocycles. The molecule has 0 bridgehead atoms. The standard InChI is InChI=1S/C15H14N2O3/c1-10-5-7-11(8-6-10)9-14(18)17-13-4-2-3-12(16-13)15(19)20/h2-8H,9H2,1H3,(H,19,20)(H,16,17,18). The minimum Gasteiger partial charge on any atom is -0.477 e. The summed E-state index contributed by atoms with van der Waals surface area (Å²) in [7, 11) is 0. The Labute approximate surface area is 116 Å². The molecule has 1 aromatic heterocycles. The fourth-order valence-corrected chi connectivity index (χ4v) is 1.70. The Kier molecular flexibility index (Phi) is 4.10. The zero-order valence-corrected chi connectivity index (χ0v) is 11.0. The molecule has 2 N–H and O–H groups in total. The SMILES string of the molecule is Cc1ccc(CC(=O)Nc2cccc(C(=O)O)n2)cc1. The van der Waals surface area contributed by atoms with Gasteiger partial charge < -0.3 is 10.4 Å². The van der Waals surface area contributed by atoms with E-state index in [1.165, 1.54) is 12.1 Å². The minimum atomic E-state index is -1.13. The van der Waals surface area contributed by atoms with Gasteiger partial charge in [0, 0.05) is 0 Å². The van der Waals surface area contributed by atoms with Crippen molar-refractivity contribution in [1.82, 2.24) is 4.98 Å².